The molecule has 9 nitrogen and oxygen atoms in total. The van der Waals surface area contributed by atoms with E-state index in [2.05, 4.69) is 10.3 Å². The lowest BCUT2D eigenvalue weighted by molar-refractivity contribution is -0.141. The molecular weight excluding hydrogens is 470 g/mol. The summed E-state index contributed by atoms with van der Waals surface area (Å²) in [5, 5.41) is 5.60. The number of aliphatic imine (C=N–C) groups is 1. The second kappa shape index (κ2) is 11.7. The van der Waals surface area contributed by atoms with E-state index in [0.717, 1.165) is 30.7 Å². The highest BCUT2D eigenvalue weighted by Gasteiger charge is 2.42. The molecule has 1 amide bonds. The molecular formula is C25H31N3O6S. The van der Waals surface area contributed by atoms with E-state index in [0.29, 0.717) is 35.3 Å². The molecule has 2 atom stereocenters. The van der Waals surface area contributed by atoms with Gasteiger partial charge in [0, 0.05) is 31.5 Å². The van der Waals surface area contributed by atoms with Crippen LogP contribution < -0.4 is 10.1 Å². The number of methoxy groups -OCH3 is 2. The minimum absolute atomic E-state index is 0.0679. The molecule has 35 heavy (non-hydrogen) atoms. The molecule has 0 radical (unpaired) electrons. The van der Waals surface area contributed by atoms with Gasteiger partial charge in [-0.3, -0.25) is 4.79 Å². The van der Waals surface area contributed by atoms with Crippen LogP contribution in [0.4, 0.5) is 0 Å². The maximum atomic E-state index is 13.2. The first-order valence-electron chi connectivity index (χ1n) is 11.6. The number of ether oxygens (including phenoxy) is 4. The van der Waals surface area contributed by atoms with Gasteiger partial charge < -0.3 is 29.2 Å². The van der Waals surface area contributed by atoms with E-state index in [9.17, 15) is 9.59 Å². The Balaban J connectivity index is 1.62. The normalized spacial score (nSPS) is 21.4. The molecule has 0 aliphatic carbocycles. The number of benzene rings is 1. The van der Waals surface area contributed by atoms with Gasteiger partial charge in [-0.25, -0.2) is 9.79 Å². The zero-order chi connectivity index (χ0) is 24.8. The predicted molar refractivity (Wildman–Crippen MR) is 133 cm³/mol. The lowest BCUT2D eigenvalue weighted by Crippen LogP contribution is -2.39. The number of esters is 1. The lowest BCUT2D eigenvalue weighted by atomic mass is 9.93. The summed E-state index contributed by atoms with van der Waals surface area (Å²) in [7, 11) is 3.15. The third kappa shape index (κ3) is 5.71. The maximum absolute atomic E-state index is 13.2. The number of carbonyl (C=O) groups excluding carboxylic acids is 2. The summed E-state index contributed by atoms with van der Waals surface area (Å²) >= 11 is 1.43. The second-order valence-electron chi connectivity index (χ2n) is 8.38. The Morgan fingerprint density at radius 2 is 2.09 bits per heavy atom. The predicted octanol–water partition coefficient (Wildman–Crippen LogP) is 3.15. The van der Waals surface area contributed by atoms with Gasteiger partial charge in [-0.1, -0.05) is 30.0 Å². The summed E-state index contributed by atoms with van der Waals surface area (Å²) < 4.78 is 21.8. The van der Waals surface area contributed by atoms with Crippen molar-refractivity contribution < 1.29 is 28.5 Å². The average molecular weight is 502 g/mol. The van der Waals surface area contributed by atoms with Crippen LogP contribution in [0.5, 0.6) is 5.75 Å². The summed E-state index contributed by atoms with van der Waals surface area (Å²) in [6, 6.07) is 6.99. The van der Waals surface area contributed by atoms with Crippen molar-refractivity contribution in [2.24, 2.45) is 4.99 Å². The Hall–Kier alpha value is -2.82. The summed E-state index contributed by atoms with van der Waals surface area (Å²) in [5.41, 5.74) is 2.51. The minimum atomic E-state index is -0.555. The number of hydrogen-bond donors (Lipinski definition) is 1. The van der Waals surface area contributed by atoms with Gasteiger partial charge in [-0.05, 0) is 31.2 Å². The van der Waals surface area contributed by atoms with E-state index in [1.54, 1.807) is 21.1 Å². The van der Waals surface area contributed by atoms with Crippen molar-refractivity contribution in [1.82, 2.24) is 10.2 Å². The molecule has 0 bridgehead atoms. The number of fused-ring (bicyclic) bond motifs is 1. The molecule has 3 aliphatic heterocycles. The molecule has 1 saturated heterocycles. The van der Waals surface area contributed by atoms with Gasteiger partial charge in [-0.15, -0.1) is 0 Å². The quantitative estimate of drug-likeness (QED) is 0.386. The molecule has 188 valence electrons. The van der Waals surface area contributed by atoms with Crippen LogP contribution in [0.1, 0.15) is 37.8 Å². The van der Waals surface area contributed by atoms with Crippen molar-refractivity contribution in [1.29, 1.82) is 0 Å². The third-order valence-corrected chi connectivity index (χ3v) is 6.96. The van der Waals surface area contributed by atoms with E-state index in [-0.39, 0.29) is 25.0 Å². The van der Waals surface area contributed by atoms with Crippen LogP contribution in [-0.4, -0.2) is 68.6 Å². The average Bonchev–Trinajstić information content (AvgIpc) is 3.52. The molecule has 1 fully saturated rings. The number of rotatable bonds is 10. The number of thioether (sulfide) groups is 1. The molecule has 0 aromatic heterocycles. The monoisotopic (exact) mass is 501 g/mol. The highest BCUT2D eigenvalue weighted by molar-refractivity contribution is 8.16. The van der Waals surface area contributed by atoms with E-state index in [1.807, 2.05) is 34.6 Å². The summed E-state index contributed by atoms with van der Waals surface area (Å²) in [5.74, 6) is 0.0491. The number of amides is 1. The number of carbonyl (C=O) groups is 2. The Bertz CT molecular complexity index is 1050. The Kier molecular flexibility index (Phi) is 8.48. The minimum Gasteiger partial charge on any atom is -0.496 e. The summed E-state index contributed by atoms with van der Waals surface area (Å²) in [4.78, 5) is 32.7. The largest absolute Gasteiger partial charge is 0.496 e. The Morgan fingerprint density at radius 1 is 1.26 bits per heavy atom. The van der Waals surface area contributed by atoms with Crippen molar-refractivity contribution in [3.8, 4) is 5.75 Å². The van der Waals surface area contributed by atoms with E-state index in [4.69, 9.17) is 18.9 Å². The zero-order valence-electron chi connectivity index (χ0n) is 20.2. The van der Waals surface area contributed by atoms with Gasteiger partial charge >= 0.3 is 5.97 Å². The molecule has 3 heterocycles. The zero-order valence-corrected chi connectivity index (χ0v) is 21.1. The summed E-state index contributed by atoms with van der Waals surface area (Å²) in [6.45, 7) is 3.45. The fourth-order valence-corrected chi connectivity index (χ4v) is 5.34. The van der Waals surface area contributed by atoms with Crippen molar-refractivity contribution in [2.45, 2.75) is 38.3 Å². The first-order valence-corrected chi connectivity index (χ1v) is 12.5. The maximum Gasteiger partial charge on any atom is 0.338 e. The molecule has 0 saturated carbocycles. The fraction of sp³-hybridized carbons (Fsp3) is 0.480. The van der Waals surface area contributed by atoms with Crippen molar-refractivity contribution in [2.75, 3.05) is 40.6 Å². The van der Waals surface area contributed by atoms with Crippen LogP contribution in [0.25, 0.3) is 0 Å². The lowest BCUT2D eigenvalue weighted by Gasteiger charge is -2.36. The number of nitrogens with zero attached hydrogens (tertiary/aromatic N) is 2. The van der Waals surface area contributed by atoms with E-state index < -0.39 is 12.0 Å². The highest BCUT2D eigenvalue weighted by Crippen LogP contribution is 2.46. The molecule has 3 aliphatic rings. The van der Waals surface area contributed by atoms with Gasteiger partial charge in [0.05, 0.1) is 43.6 Å². The van der Waals surface area contributed by atoms with Gasteiger partial charge in [0.2, 0.25) is 5.91 Å². The van der Waals surface area contributed by atoms with Crippen LogP contribution in [0.15, 0.2) is 51.6 Å². The van der Waals surface area contributed by atoms with Crippen LogP contribution in [-0.2, 0) is 23.8 Å². The van der Waals surface area contributed by atoms with E-state index in [1.165, 1.54) is 11.8 Å². The van der Waals surface area contributed by atoms with Crippen LogP contribution in [0, 0.1) is 0 Å². The Labute approximate surface area is 209 Å². The third-order valence-electron chi connectivity index (χ3n) is 6.07. The van der Waals surface area contributed by atoms with Crippen LogP contribution in [0.2, 0.25) is 0 Å². The van der Waals surface area contributed by atoms with Gasteiger partial charge in [0.15, 0.2) is 5.17 Å². The van der Waals surface area contributed by atoms with Gasteiger partial charge in [0.25, 0.3) is 0 Å². The summed E-state index contributed by atoms with van der Waals surface area (Å²) in [6.07, 6.45) is 2.19. The van der Waals surface area contributed by atoms with Crippen LogP contribution >= 0.6 is 11.8 Å². The SMILES string of the molecule is COCCOC(=O)C1=C(C)N=C2SC=C(CC(=O)NCC3CCCO3)N2C1c1ccccc1OC. The molecule has 4 rings (SSSR count). The molecule has 0 spiro atoms. The smallest absolute Gasteiger partial charge is 0.338 e. The fourth-order valence-electron chi connectivity index (χ4n) is 4.37. The number of allylic oxidation sites excluding steroid dienone is 1. The van der Waals surface area contributed by atoms with E-state index >= 15 is 0 Å². The van der Waals surface area contributed by atoms with Gasteiger partial charge in [0.1, 0.15) is 12.4 Å². The van der Waals surface area contributed by atoms with Crippen molar-refractivity contribution >= 4 is 28.8 Å². The molecule has 1 N–H and O–H groups in total. The molecule has 1 aromatic rings. The van der Waals surface area contributed by atoms with Gasteiger partial charge in [-0.2, -0.15) is 0 Å². The first-order chi connectivity index (χ1) is 17.0. The van der Waals surface area contributed by atoms with Crippen molar-refractivity contribution in [3.05, 3.63) is 52.2 Å². The molecule has 1 aromatic carbocycles. The van der Waals surface area contributed by atoms with Crippen LogP contribution in [0.3, 0.4) is 0 Å². The Morgan fingerprint density at radius 3 is 2.83 bits per heavy atom. The second-order valence-corrected chi connectivity index (χ2v) is 9.22. The number of amidine groups is 1. The number of para-hydroxylation sites is 1. The number of hydrogen-bond acceptors (Lipinski definition) is 9. The standard InChI is InChI=1S/C25H31N3O6S/c1-16-22(24(30)34-12-11-31-2)23(19-8-4-5-9-20(19)32-3)28-17(15-35-25(28)27-16)13-21(29)26-14-18-7-6-10-33-18/h4-5,8-9,15,18,23H,6-7,10-14H2,1-3H3,(H,26,29). The topological polar surface area (TPSA) is 98.7 Å². The first kappa shape index (κ1) is 25.3. The highest BCUT2D eigenvalue weighted by atomic mass is 32.2. The number of nitrogens with one attached hydrogen (secondary N) is 1. The van der Waals surface area contributed by atoms with Crippen molar-refractivity contribution in [3.63, 3.8) is 0 Å². The molecule has 2 unspecified atom stereocenters. The molecule has 10 heteroatoms.